The van der Waals surface area contributed by atoms with Gasteiger partial charge in [-0.1, -0.05) is 23.9 Å². The van der Waals surface area contributed by atoms with E-state index in [1.54, 1.807) is 47.9 Å². The summed E-state index contributed by atoms with van der Waals surface area (Å²) in [6, 6.07) is 13.5. The van der Waals surface area contributed by atoms with Crippen molar-refractivity contribution < 1.29 is 14.3 Å². The number of rotatable bonds is 10. The summed E-state index contributed by atoms with van der Waals surface area (Å²) in [5.74, 6) is -0.778. The van der Waals surface area contributed by atoms with Crippen LogP contribution in [0.1, 0.15) is 37.6 Å². The second-order valence-corrected chi connectivity index (χ2v) is 9.14. The maximum Gasteiger partial charge on any atom is 0.262 e. The fraction of sp³-hybridized carbons (Fsp3) is 0.333. The Balaban J connectivity index is 1.79. The third-order valence-electron chi connectivity index (χ3n) is 4.89. The number of benzene rings is 2. The largest absolute Gasteiger partial charge is 0.379 e. The number of carbonyl (C=O) groups excluding carboxylic acids is 2. The summed E-state index contributed by atoms with van der Waals surface area (Å²) in [5, 5.41) is 3.32. The fourth-order valence-electron chi connectivity index (χ4n) is 3.15. The van der Waals surface area contributed by atoms with Crippen molar-refractivity contribution in [2.24, 2.45) is 5.73 Å². The molecule has 9 heteroatoms. The zero-order chi connectivity index (χ0) is 24.0. The number of thioether (sulfide) groups is 1. The standard InChI is InChI=1S/C24H28N4O4S/c1-15(2)32-14-6-13-28-23(31)19-7-4-5-8-20(19)27-24(28)33-16(3)22(30)26-18-11-9-17(10-12-18)21(25)29/h4-5,7-12,15-16H,6,13-14H2,1-3H3,(H2,25,29)(H,26,30)/t16-/m0/s1. The van der Waals surface area contributed by atoms with Gasteiger partial charge in [-0.25, -0.2) is 4.98 Å². The Morgan fingerprint density at radius 3 is 2.48 bits per heavy atom. The lowest BCUT2D eigenvalue weighted by molar-refractivity contribution is -0.115. The minimum Gasteiger partial charge on any atom is -0.379 e. The summed E-state index contributed by atoms with van der Waals surface area (Å²) in [6.45, 7) is 6.65. The third-order valence-corrected chi connectivity index (χ3v) is 5.98. The number of primary amides is 1. The van der Waals surface area contributed by atoms with Crippen molar-refractivity contribution in [2.45, 2.75) is 50.2 Å². The van der Waals surface area contributed by atoms with E-state index in [-0.39, 0.29) is 17.6 Å². The number of nitrogens with one attached hydrogen (secondary N) is 1. The van der Waals surface area contributed by atoms with Gasteiger partial charge in [0, 0.05) is 24.4 Å². The maximum absolute atomic E-state index is 13.1. The molecule has 0 aliphatic heterocycles. The Labute approximate surface area is 196 Å². The predicted molar refractivity (Wildman–Crippen MR) is 131 cm³/mol. The van der Waals surface area contributed by atoms with Crippen LogP contribution in [0.4, 0.5) is 5.69 Å². The van der Waals surface area contributed by atoms with Crippen molar-refractivity contribution in [1.82, 2.24) is 9.55 Å². The van der Waals surface area contributed by atoms with E-state index in [0.717, 1.165) is 0 Å². The number of hydrogen-bond donors (Lipinski definition) is 2. The van der Waals surface area contributed by atoms with E-state index in [1.807, 2.05) is 26.0 Å². The zero-order valence-corrected chi connectivity index (χ0v) is 19.7. The molecule has 8 nitrogen and oxygen atoms in total. The van der Waals surface area contributed by atoms with E-state index in [2.05, 4.69) is 10.3 Å². The fourth-order valence-corrected chi connectivity index (χ4v) is 4.08. The molecule has 0 aliphatic carbocycles. The first kappa shape index (κ1) is 24.5. The number of nitrogens with zero attached hydrogens (tertiary/aromatic N) is 2. The molecule has 0 saturated heterocycles. The van der Waals surface area contributed by atoms with Gasteiger partial charge >= 0.3 is 0 Å². The predicted octanol–water partition coefficient (Wildman–Crippen LogP) is 3.43. The molecule has 3 N–H and O–H groups in total. The Kier molecular flexibility index (Phi) is 8.24. The number of nitrogens with two attached hydrogens (primary N) is 1. The lowest BCUT2D eigenvalue weighted by Gasteiger charge is -2.17. The van der Waals surface area contributed by atoms with Crippen LogP contribution in [0.25, 0.3) is 10.9 Å². The Morgan fingerprint density at radius 2 is 1.82 bits per heavy atom. The highest BCUT2D eigenvalue weighted by Gasteiger charge is 2.20. The number of fused-ring (bicyclic) bond motifs is 1. The highest BCUT2D eigenvalue weighted by atomic mass is 32.2. The second-order valence-electron chi connectivity index (χ2n) is 7.83. The van der Waals surface area contributed by atoms with Crippen LogP contribution in [-0.4, -0.2) is 39.3 Å². The summed E-state index contributed by atoms with van der Waals surface area (Å²) in [4.78, 5) is 41.8. The van der Waals surface area contributed by atoms with Crippen LogP contribution >= 0.6 is 11.8 Å². The second kappa shape index (κ2) is 11.1. The van der Waals surface area contributed by atoms with Gasteiger partial charge in [-0.2, -0.15) is 0 Å². The van der Waals surface area contributed by atoms with Gasteiger partial charge in [0.25, 0.3) is 5.56 Å². The van der Waals surface area contributed by atoms with Gasteiger partial charge in [0.2, 0.25) is 11.8 Å². The molecular formula is C24H28N4O4S. The molecule has 0 aliphatic rings. The summed E-state index contributed by atoms with van der Waals surface area (Å²) >= 11 is 1.22. The quantitative estimate of drug-likeness (QED) is 0.268. The molecule has 3 rings (SSSR count). The van der Waals surface area contributed by atoms with Crippen LogP contribution < -0.4 is 16.6 Å². The van der Waals surface area contributed by atoms with Gasteiger partial charge in [0.05, 0.1) is 22.3 Å². The highest BCUT2D eigenvalue weighted by Crippen LogP contribution is 2.24. The number of anilines is 1. The number of amides is 2. The van der Waals surface area contributed by atoms with E-state index in [1.165, 1.54) is 11.8 Å². The molecule has 33 heavy (non-hydrogen) atoms. The average Bonchev–Trinajstić information content (AvgIpc) is 2.78. The van der Waals surface area contributed by atoms with Crippen LogP contribution in [0.3, 0.4) is 0 Å². The highest BCUT2D eigenvalue weighted by molar-refractivity contribution is 8.00. The smallest absolute Gasteiger partial charge is 0.262 e. The molecule has 0 unspecified atom stereocenters. The SMILES string of the molecule is CC(C)OCCCn1c(S[C@@H](C)C(=O)Nc2ccc(C(N)=O)cc2)nc2ccccc2c1=O. The van der Waals surface area contributed by atoms with Crippen molar-refractivity contribution in [3.05, 3.63) is 64.4 Å². The van der Waals surface area contributed by atoms with Crippen LogP contribution in [0.15, 0.2) is 58.5 Å². The molecule has 1 atom stereocenters. The van der Waals surface area contributed by atoms with Gasteiger partial charge in [0.1, 0.15) is 0 Å². The molecular weight excluding hydrogens is 440 g/mol. The molecule has 3 aromatic rings. The van der Waals surface area contributed by atoms with Gasteiger partial charge in [0.15, 0.2) is 5.16 Å². The van der Waals surface area contributed by atoms with E-state index in [0.29, 0.717) is 46.9 Å². The minimum absolute atomic E-state index is 0.117. The Hall–Kier alpha value is -3.17. The average molecular weight is 469 g/mol. The van der Waals surface area contributed by atoms with Gasteiger partial charge in [-0.3, -0.25) is 19.0 Å². The minimum atomic E-state index is -0.532. The van der Waals surface area contributed by atoms with Crippen LogP contribution in [-0.2, 0) is 16.1 Å². The van der Waals surface area contributed by atoms with Crippen LogP contribution in [0, 0.1) is 0 Å². The summed E-state index contributed by atoms with van der Waals surface area (Å²) in [7, 11) is 0. The topological polar surface area (TPSA) is 116 Å². The maximum atomic E-state index is 13.1. The first-order valence-electron chi connectivity index (χ1n) is 10.7. The van der Waals surface area contributed by atoms with Gasteiger partial charge in [-0.15, -0.1) is 0 Å². The Morgan fingerprint density at radius 1 is 1.12 bits per heavy atom. The van der Waals surface area contributed by atoms with Crippen LogP contribution in [0.5, 0.6) is 0 Å². The number of carbonyl (C=O) groups is 2. The first-order chi connectivity index (χ1) is 15.8. The number of aromatic nitrogens is 2. The molecule has 0 bridgehead atoms. The zero-order valence-electron chi connectivity index (χ0n) is 18.9. The summed E-state index contributed by atoms with van der Waals surface area (Å²) in [6.07, 6.45) is 0.768. The van der Waals surface area contributed by atoms with Crippen molar-refractivity contribution in [1.29, 1.82) is 0 Å². The van der Waals surface area contributed by atoms with Gasteiger partial charge in [-0.05, 0) is 63.6 Å². The van der Waals surface area contributed by atoms with Crippen molar-refractivity contribution in [2.75, 3.05) is 11.9 Å². The van der Waals surface area contributed by atoms with E-state index < -0.39 is 11.2 Å². The first-order valence-corrected chi connectivity index (χ1v) is 11.6. The number of ether oxygens (including phenoxy) is 1. The molecule has 1 heterocycles. The molecule has 0 fully saturated rings. The molecule has 1 aromatic heterocycles. The third kappa shape index (κ3) is 6.43. The van der Waals surface area contributed by atoms with Crippen LogP contribution in [0.2, 0.25) is 0 Å². The molecule has 2 aromatic carbocycles. The van der Waals surface area contributed by atoms with E-state index in [9.17, 15) is 14.4 Å². The lowest BCUT2D eigenvalue weighted by atomic mass is 10.2. The normalized spacial score (nSPS) is 12.1. The molecule has 0 radical (unpaired) electrons. The molecule has 174 valence electrons. The van der Waals surface area contributed by atoms with Crippen molar-refractivity contribution in [3.63, 3.8) is 0 Å². The van der Waals surface area contributed by atoms with E-state index in [4.69, 9.17) is 10.5 Å². The summed E-state index contributed by atoms with van der Waals surface area (Å²) in [5.41, 5.74) is 6.62. The monoisotopic (exact) mass is 468 g/mol. The number of hydrogen-bond acceptors (Lipinski definition) is 6. The number of para-hydroxylation sites is 1. The van der Waals surface area contributed by atoms with Gasteiger partial charge < -0.3 is 15.8 Å². The van der Waals surface area contributed by atoms with Crippen molar-refractivity contribution >= 4 is 40.2 Å². The molecule has 0 spiro atoms. The van der Waals surface area contributed by atoms with Crippen molar-refractivity contribution in [3.8, 4) is 0 Å². The Bertz CT molecular complexity index is 1190. The molecule has 0 saturated carbocycles. The van der Waals surface area contributed by atoms with E-state index >= 15 is 0 Å². The molecule has 2 amide bonds. The summed E-state index contributed by atoms with van der Waals surface area (Å²) < 4.78 is 7.22. The lowest BCUT2D eigenvalue weighted by Crippen LogP contribution is -2.27.